The van der Waals surface area contributed by atoms with Crippen molar-refractivity contribution in [2.45, 2.75) is 12.5 Å². The molecule has 0 aromatic heterocycles. The van der Waals surface area contributed by atoms with Crippen LogP contribution in [0.25, 0.3) is 0 Å². The molecular formula is C10H11ClNO. The van der Waals surface area contributed by atoms with Gasteiger partial charge in [-0.05, 0) is 12.0 Å². The van der Waals surface area contributed by atoms with Crippen LogP contribution in [0.1, 0.15) is 5.56 Å². The predicted molar refractivity (Wildman–Crippen MR) is 53.3 cm³/mol. The molecular weight excluding hydrogens is 186 g/mol. The van der Waals surface area contributed by atoms with Gasteiger partial charge >= 0.3 is 0 Å². The second kappa shape index (κ2) is 5.00. The summed E-state index contributed by atoms with van der Waals surface area (Å²) >= 11 is 5.26. The van der Waals surface area contributed by atoms with Crippen molar-refractivity contribution in [3.63, 3.8) is 0 Å². The van der Waals surface area contributed by atoms with E-state index in [1.807, 2.05) is 30.3 Å². The number of hydrogen-bond donors (Lipinski definition) is 1. The van der Waals surface area contributed by atoms with E-state index < -0.39 is 6.04 Å². The van der Waals surface area contributed by atoms with Crippen LogP contribution in [0.3, 0.4) is 0 Å². The lowest BCUT2D eigenvalue weighted by Gasteiger charge is -2.07. The summed E-state index contributed by atoms with van der Waals surface area (Å²) in [6, 6.07) is 9.08. The molecule has 0 amide bonds. The fraction of sp³-hybridized carbons (Fsp3) is 0.200. The molecule has 13 heavy (non-hydrogen) atoms. The van der Waals surface area contributed by atoms with E-state index in [9.17, 15) is 4.79 Å². The zero-order valence-electron chi connectivity index (χ0n) is 7.11. The summed E-state index contributed by atoms with van der Waals surface area (Å²) in [5.41, 5.74) is 6.64. The molecule has 0 aliphatic carbocycles. The van der Waals surface area contributed by atoms with Crippen LogP contribution in [0.4, 0.5) is 0 Å². The van der Waals surface area contributed by atoms with Crippen molar-refractivity contribution >= 4 is 17.4 Å². The summed E-state index contributed by atoms with van der Waals surface area (Å²) < 4.78 is 0. The van der Waals surface area contributed by atoms with E-state index >= 15 is 0 Å². The van der Waals surface area contributed by atoms with E-state index in [1.54, 1.807) is 0 Å². The third-order valence-corrected chi connectivity index (χ3v) is 1.99. The molecule has 2 N–H and O–H groups in total. The Bertz CT molecular complexity index is 274. The van der Waals surface area contributed by atoms with Crippen LogP contribution in [0.5, 0.6) is 0 Å². The van der Waals surface area contributed by atoms with Gasteiger partial charge in [-0.1, -0.05) is 30.3 Å². The largest absolute Gasteiger partial charge is 0.321 e. The van der Waals surface area contributed by atoms with Crippen molar-refractivity contribution in [1.29, 1.82) is 0 Å². The first-order valence-corrected chi connectivity index (χ1v) is 4.44. The van der Waals surface area contributed by atoms with E-state index in [-0.39, 0.29) is 5.78 Å². The molecule has 0 heterocycles. The Hall–Kier alpha value is -0.860. The maximum Gasteiger partial charge on any atom is 0.169 e. The highest BCUT2D eigenvalue weighted by Crippen LogP contribution is 2.03. The van der Waals surface area contributed by atoms with Crippen molar-refractivity contribution < 1.29 is 4.79 Å². The third kappa shape index (κ3) is 3.17. The van der Waals surface area contributed by atoms with Crippen LogP contribution in [-0.2, 0) is 11.2 Å². The molecule has 1 aromatic carbocycles. The van der Waals surface area contributed by atoms with E-state index in [2.05, 4.69) is 0 Å². The number of carbonyl (C=O) groups excluding carboxylic acids is 1. The average molecular weight is 197 g/mol. The molecule has 1 radical (unpaired) electrons. The average Bonchev–Trinajstić information content (AvgIpc) is 2.18. The molecule has 1 atom stereocenters. The molecule has 0 unspecified atom stereocenters. The van der Waals surface area contributed by atoms with Gasteiger partial charge in [-0.3, -0.25) is 4.79 Å². The van der Waals surface area contributed by atoms with Gasteiger partial charge in [-0.2, -0.15) is 0 Å². The van der Waals surface area contributed by atoms with Crippen LogP contribution < -0.4 is 5.73 Å². The Kier molecular flexibility index (Phi) is 3.93. The molecule has 1 aromatic rings. The van der Waals surface area contributed by atoms with Gasteiger partial charge in [0.2, 0.25) is 0 Å². The van der Waals surface area contributed by atoms with Gasteiger partial charge in [0.15, 0.2) is 5.78 Å². The number of hydrogen-bond acceptors (Lipinski definition) is 2. The smallest absolute Gasteiger partial charge is 0.169 e. The van der Waals surface area contributed by atoms with Crippen molar-refractivity contribution in [2.75, 3.05) is 0 Å². The molecule has 0 saturated heterocycles. The summed E-state index contributed by atoms with van der Waals surface area (Å²) in [7, 11) is 0. The molecule has 2 nitrogen and oxygen atoms in total. The fourth-order valence-corrected chi connectivity index (χ4v) is 1.21. The van der Waals surface area contributed by atoms with Crippen LogP contribution >= 0.6 is 11.6 Å². The number of carbonyl (C=O) groups is 1. The van der Waals surface area contributed by atoms with Crippen LogP contribution in [0.15, 0.2) is 30.3 Å². The first-order valence-electron chi connectivity index (χ1n) is 4.01. The summed E-state index contributed by atoms with van der Waals surface area (Å²) in [5, 5.41) is 0. The lowest BCUT2D eigenvalue weighted by atomic mass is 10.0. The number of rotatable bonds is 4. The summed E-state index contributed by atoms with van der Waals surface area (Å²) in [5.74, 6) is 0.763. The number of benzene rings is 1. The highest BCUT2D eigenvalue weighted by atomic mass is 35.5. The molecule has 0 spiro atoms. The Morgan fingerprint density at radius 2 is 2.08 bits per heavy atom. The monoisotopic (exact) mass is 196 g/mol. The maximum atomic E-state index is 11.0. The summed E-state index contributed by atoms with van der Waals surface area (Å²) in [6.07, 6.45) is 0.531. The normalized spacial score (nSPS) is 12.5. The van der Waals surface area contributed by atoms with Crippen molar-refractivity contribution in [1.82, 2.24) is 0 Å². The minimum atomic E-state index is -0.528. The number of halogens is 1. The Labute approximate surface area is 82.7 Å². The molecule has 3 heteroatoms. The van der Waals surface area contributed by atoms with Gasteiger partial charge in [-0.25, -0.2) is 0 Å². The van der Waals surface area contributed by atoms with E-state index in [0.717, 1.165) is 11.4 Å². The van der Waals surface area contributed by atoms with Crippen molar-refractivity contribution in [3.05, 3.63) is 41.8 Å². The number of ketones is 1. The van der Waals surface area contributed by atoms with Crippen LogP contribution in [0, 0.1) is 5.88 Å². The van der Waals surface area contributed by atoms with E-state index in [1.165, 1.54) is 0 Å². The molecule has 0 bridgehead atoms. The molecule has 0 saturated carbocycles. The summed E-state index contributed by atoms with van der Waals surface area (Å²) in [4.78, 5) is 11.0. The molecule has 0 fully saturated rings. The Morgan fingerprint density at radius 3 is 2.62 bits per heavy atom. The third-order valence-electron chi connectivity index (χ3n) is 1.77. The number of nitrogens with two attached hydrogens (primary N) is 1. The quantitative estimate of drug-likeness (QED) is 0.794. The second-order valence-corrected chi connectivity index (χ2v) is 3.03. The molecule has 0 aliphatic rings. The van der Waals surface area contributed by atoms with Gasteiger partial charge in [-0.15, -0.1) is 11.6 Å². The van der Waals surface area contributed by atoms with Crippen LogP contribution in [0.2, 0.25) is 0 Å². The Balaban J connectivity index is 2.55. The van der Waals surface area contributed by atoms with Crippen LogP contribution in [-0.4, -0.2) is 11.8 Å². The fourth-order valence-electron chi connectivity index (χ4n) is 1.05. The van der Waals surface area contributed by atoms with Crippen molar-refractivity contribution in [2.24, 2.45) is 5.73 Å². The molecule has 69 valence electrons. The Morgan fingerprint density at radius 1 is 1.46 bits per heavy atom. The summed E-state index contributed by atoms with van der Waals surface area (Å²) in [6.45, 7) is 0. The SMILES string of the molecule is N[C@@H](Cc1ccccc1)C(=O)[CH]Cl. The predicted octanol–water partition coefficient (Wildman–Crippen LogP) is 1.53. The van der Waals surface area contributed by atoms with E-state index in [0.29, 0.717) is 6.42 Å². The van der Waals surface area contributed by atoms with Gasteiger partial charge in [0.05, 0.1) is 6.04 Å². The topological polar surface area (TPSA) is 43.1 Å². The minimum Gasteiger partial charge on any atom is -0.321 e. The zero-order valence-corrected chi connectivity index (χ0v) is 7.87. The first kappa shape index (κ1) is 10.2. The highest BCUT2D eigenvalue weighted by molar-refractivity contribution is 6.35. The van der Waals surface area contributed by atoms with E-state index in [4.69, 9.17) is 17.3 Å². The lowest BCUT2D eigenvalue weighted by Crippen LogP contribution is -2.31. The van der Waals surface area contributed by atoms with Gasteiger partial charge in [0, 0.05) is 0 Å². The first-order chi connectivity index (χ1) is 6.24. The van der Waals surface area contributed by atoms with Gasteiger partial charge in [0.25, 0.3) is 0 Å². The standard InChI is InChI=1S/C10H11ClNO/c11-7-10(13)9(12)6-8-4-2-1-3-5-8/h1-5,7,9H,6,12H2/t9-/m0/s1. The van der Waals surface area contributed by atoms with Crippen molar-refractivity contribution in [3.8, 4) is 0 Å². The maximum absolute atomic E-state index is 11.0. The molecule has 1 rings (SSSR count). The highest BCUT2D eigenvalue weighted by Gasteiger charge is 2.12. The zero-order chi connectivity index (χ0) is 9.68. The second-order valence-electron chi connectivity index (χ2n) is 2.81. The number of Topliss-reactive ketones (excluding diaryl/α,β-unsaturated/α-hetero) is 1. The minimum absolute atomic E-state index is 0.231. The van der Waals surface area contributed by atoms with Gasteiger partial charge in [0.1, 0.15) is 5.88 Å². The lowest BCUT2D eigenvalue weighted by molar-refractivity contribution is -0.116. The van der Waals surface area contributed by atoms with Gasteiger partial charge < -0.3 is 5.73 Å². The molecule has 0 aliphatic heterocycles.